The summed E-state index contributed by atoms with van der Waals surface area (Å²) in [6.45, 7) is 8.51. The van der Waals surface area contributed by atoms with E-state index in [-0.39, 0.29) is 5.57 Å². The highest BCUT2D eigenvalue weighted by Gasteiger charge is 2.42. The summed E-state index contributed by atoms with van der Waals surface area (Å²) < 4.78 is 40.7. The van der Waals surface area contributed by atoms with E-state index in [1.165, 1.54) is 17.8 Å². The Bertz CT molecular complexity index is 1170. The molecule has 0 saturated heterocycles. The molecule has 0 fully saturated rings. The van der Waals surface area contributed by atoms with Gasteiger partial charge in [0.15, 0.2) is 5.50 Å². The SMILES string of the molecule is CCN(CC)CCN1C(c2ccc(C#N)cc2)=C(C(=O)O)C(C)N(c2cccc(C(F)(F)F)c2)C1SC. The van der Waals surface area contributed by atoms with E-state index in [0.717, 1.165) is 25.2 Å². The Balaban J connectivity index is 2.24. The first-order chi connectivity index (χ1) is 17.6. The fraction of sp³-hybridized carbons (Fsp3) is 0.407. The Morgan fingerprint density at radius 3 is 2.32 bits per heavy atom. The van der Waals surface area contributed by atoms with Crippen LogP contribution >= 0.6 is 11.8 Å². The predicted molar refractivity (Wildman–Crippen MR) is 141 cm³/mol. The van der Waals surface area contributed by atoms with Crippen LogP contribution in [0, 0.1) is 11.3 Å². The van der Waals surface area contributed by atoms with Crippen LogP contribution in [0.3, 0.4) is 0 Å². The van der Waals surface area contributed by atoms with Crippen molar-refractivity contribution < 1.29 is 23.1 Å². The number of aliphatic carboxylic acids is 1. The van der Waals surface area contributed by atoms with Crippen molar-refractivity contribution in [1.82, 2.24) is 9.80 Å². The third kappa shape index (κ3) is 6.05. The molecule has 198 valence electrons. The van der Waals surface area contributed by atoms with Gasteiger partial charge in [-0.05, 0) is 62.2 Å². The third-order valence-electron chi connectivity index (χ3n) is 6.63. The van der Waals surface area contributed by atoms with Crippen LogP contribution in [0.2, 0.25) is 0 Å². The number of carboxylic acid groups (broad SMARTS) is 1. The molecule has 1 heterocycles. The monoisotopic (exact) mass is 532 g/mol. The van der Waals surface area contributed by atoms with Crippen molar-refractivity contribution in [1.29, 1.82) is 5.26 Å². The number of nitriles is 1. The Morgan fingerprint density at radius 2 is 1.81 bits per heavy atom. The minimum Gasteiger partial charge on any atom is -0.478 e. The van der Waals surface area contributed by atoms with Crippen LogP contribution in [-0.4, -0.2) is 64.9 Å². The lowest BCUT2D eigenvalue weighted by molar-refractivity contribution is -0.137. The number of rotatable bonds is 9. The van der Waals surface area contributed by atoms with E-state index in [0.29, 0.717) is 35.6 Å². The van der Waals surface area contributed by atoms with Crippen molar-refractivity contribution >= 4 is 29.1 Å². The van der Waals surface area contributed by atoms with Crippen LogP contribution in [-0.2, 0) is 11.0 Å². The number of thioether (sulfide) groups is 1. The van der Waals surface area contributed by atoms with Crippen LogP contribution in [0.4, 0.5) is 18.9 Å². The molecule has 0 radical (unpaired) electrons. The maximum atomic E-state index is 13.6. The highest BCUT2D eigenvalue weighted by molar-refractivity contribution is 7.99. The van der Waals surface area contributed by atoms with Crippen LogP contribution in [0.25, 0.3) is 5.70 Å². The number of benzene rings is 2. The maximum Gasteiger partial charge on any atom is 0.416 e. The molecule has 37 heavy (non-hydrogen) atoms. The number of carboxylic acids is 1. The van der Waals surface area contributed by atoms with Gasteiger partial charge in [-0.1, -0.05) is 32.0 Å². The van der Waals surface area contributed by atoms with Crippen LogP contribution in [0.15, 0.2) is 54.1 Å². The standard InChI is InChI=1S/C27H31F3N4O2S/c1-5-32(6-2)14-15-33-24(20-12-10-19(17-31)11-13-20)23(25(35)36)18(3)34(26(33)37-4)22-9-7-8-21(16-22)27(28,29)30/h7-13,16,18,26H,5-6,14-15H2,1-4H3,(H,35,36). The Kier molecular flexibility index (Phi) is 9.16. The molecular weight excluding hydrogens is 501 g/mol. The topological polar surface area (TPSA) is 70.8 Å². The molecule has 0 spiro atoms. The largest absolute Gasteiger partial charge is 0.478 e. The van der Waals surface area contributed by atoms with Crippen molar-refractivity contribution in [3.8, 4) is 6.07 Å². The molecule has 0 aromatic heterocycles. The number of nitrogens with zero attached hydrogens (tertiary/aromatic N) is 4. The number of likely N-dealkylation sites (N-methyl/N-ethyl adjacent to an activating group) is 1. The zero-order chi connectivity index (χ0) is 27.3. The second-order valence-electron chi connectivity index (χ2n) is 8.67. The van der Waals surface area contributed by atoms with Crippen molar-refractivity contribution in [2.45, 2.75) is 38.5 Å². The summed E-state index contributed by atoms with van der Waals surface area (Å²) in [6, 6.07) is 13.1. The van der Waals surface area contributed by atoms with Crippen LogP contribution in [0.5, 0.6) is 0 Å². The van der Waals surface area contributed by atoms with Gasteiger partial charge in [-0.3, -0.25) is 0 Å². The molecule has 3 rings (SSSR count). The minimum absolute atomic E-state index is 0.0898. The maximum absolute atomic E-state index is 13.6. The molecule has 0 amide bonds. The molecule has 2 unspecified atom stereocenters. The van der Waals surface area contributed by atoms with E-state index in [9.17, 15) is 28.3 Å². The predicted octanol–water partition coefficient (Wildman–Crippen LogP) is 5.57. The molecule has 0 bridgehead atoms. The van der Waals surface area contributed by atoms with E-state index in [2.05, 4.69) is 11.0 Å². The average Bonchev–Trinajstić information content (AvgIpc) is 2.88. The molecule has 0 saturated carbocycles. The van der Waals surface area contributed by atoms with Gasteiger partial charge in [0, 0.05) is 18.8 Å². The van der Waals surface area contributed by atoms with Crippen molar-refractivity contribution in [3.63, 3.8) is 0 Å². The summed E-state index contributed by atoms with van der Waals surface area (Å²) >= 11 is 1.43. The number of hydrogen-bond acceptors (Lipinski definition) is 6. The molecule has 1 N–H and O–H groups in total. The van der Waals surface area contributed by atoms with Crippen LogP contribution in [0.1, 0.15) is 37.5 Å². The average molecular weight is 533 g/mol. The van der Waals surface area contributed by atoms with Crippen molar-refractivity contribution in [2.24, 2.45) is 0 Å². The fourth-order valence-corrected chi connectivity index (χ4v) is 5.69. The van der Waals surface area contributed by atoms with Gasteiger partial charge in [-0.2, -0.15) is 18.4 Å². The zero-order valence-electron chi connectivity index (χ0n) is 21.3. The molecule has 10 heteroatoms. The van der Waals surface area contributed by atoms with E-state index >= 15 is 0 Å². The molecule has 1 aliphatic rings. The quantitative estimate of drug-likeness (QED) is 0.453. The number of carbonyl (C=O) groups is 1. The Hall–Kier alpha value is -3.16. The second-order valence-corrected chi connectivity index (χ2v) is 9.56. The van der Waals surface area contributed by atoms with Crippen LogP contribution < -0.4 is 4.90 Å². The van der Waals surface area contributed by atoms with Gasteiger partial charge in [0.05, 0.1) is 34.5 Å². The summed E-state index contributed by atoms with van der Waals surface area (Å²) in [4.78, 5) is 18.6. The van der Waals surface area contributed by atoms with Gasteiger partial charge >= 0.3 is 12.1 Å². The van der Waals surface area contributed by atoms with Gasteiger partial charge in [0.25, 0.3) is 0 Å². The van der Waals surface area contributed by atoms with Gasteiger partial charge in [0.2, 0.25) is 0 Å². The first kappa shape index (κ1) is 28.4. The summed E-state index contributed by atoms with van der Waals surface area (Å²) in [6.07, 6.45) is -2.66. The third-order valence-corrected chi connectivity index (χ3v) is 7.54. The number of anilines is 1. The van der Waals surface area contributed by atoms with Gasteiger partial charge in [-0.25, -0.2) is 4.79 Å². The lowest BCUT2D eigenvalue weighted by Gasteiger charge is -2.50. The normalized spacial score (nSPS) is 18.4. The zero-order valence-corrected chi connectivity index (χ0v) is 22.1. The number of halogens is 3. The van der Waals surface area contributed by atoms with Gasteiger partial charge in [-0.15, -0.1) is 11.8 Å². The van der Waals surface area contributed by atoms with E-state index in [1.807, 2.05) is 25.0 Å². The molecule has 2 atom stereocenters. The summed E-state index contributed by atoms with van der Waals surface area (Å²) in [5.74, 6) is -1.14. The number of alkyl halides is 3. The molecule has 1 aliphatic heterocycles. The highest BCUT2D eigenvalue weighted by Crippen LogP contribution is 2.42. The summed E-state index contributed by atoms with van der Waals surface area (Å²) in [7, 11) is 0. The highest BCUT2D eigenvalue weighted by atomic mass is 32.2. The summed E-state index contributed by atoms with van der Waals surface area (Å²) in [5.41, 5.74) is 0.740. The Morgan fingerprint density at radius 1 is 1.16 bits per heavy atom. The van der Waals surface area contributed by atoms with E-state index < -0.39 is 29.2 Å². The molecule has 2 aromatic carbocycles. The van der Waals surface area contributed by atoms with Crippen molar-refractivity contribution in [2.75, 3.05) is 37.3 Å². The van der Waals surface area contributed by atoms with E-state index in [1.54, 1.807) is 42.2 Å². The lowest BCUT2D eigenvalue weighted by Crippen LogP contribution is -2.57. The molecule has 0 aliphatic carbocycles. The smallest absolute Gasteiger partial charge is 0.416 e. The van der Waals surface area contributed by atoms with E-state index in [4.69, 9.17) is 0 Å². The van der Waals surface area contributed by atoms with Crippen molar-refractivity contribution in [3.05, 3.63) is 70.8 Å². The Labute approximate surface area is 220 Å². The van der Waals surface area contributed by atoms with Gasteiger partial charge in [0.1, 0.15) is 0 Å². The molecule has 6 nitrogen and oxygen atoms in total. The lowest BCUT2D eigenvalue weighted by atomic mass is 9.95. The minimum atomic E-state index is -4.52. The summed E-state index contributed by atoms with van der Waals surface area (Å²) in [5, 5.41) is 19.6. The van der Waals surface area contributed by atoms with Gasteiger partial charge < -0.3 is 19.8 Å². The molecule has 2 aromatic rings. The second kappa shape index (κ2) is 11.9. The molecular formula is C27H31F3N4O2S. The first-order valence-corrected chi connectivity index (χ1v) is 13.3. The fourth-order valence-electron chi connectivity index (χ4n) is 4.69. The number of hydrogen-bond donors (Lipinski definition) is 1. The first-order valence-electron chi connectivity index (χ1n) is 12.0.